The third kappa shape index (κ3) is 6.53. The highest BCUT2D eigenvalue weighted by Gasteiger charge is 2.19. The molecule has 0 N–H and O–H groups in total. The van der Waals surface area contributed by atoms with Crippen LogP contribution in [0.1, 0.15) is 0 Å². The zero-order valence-corrected chi connectivity index (χ0v) is 29.3. The van der Waals surface area contributed by atoms with E-state index in [-0.39, 0.29) is 0 Å². The lowest BCUT2D eigenvalue weighted by Gasteiger charge is -2.29. The van der Waals surface area contributed by atoms with Crippen LogP contribution in [0.15, 0.2) is 224 Å². The van der Waals surface area contributed by atoms with Crippen molar-refractivity contribution in [2.24, 2.45) is 0 Å². The molecule has 0 unspecified atom stereocenters. The minimum atomic E-state index is 1.09. The van der Waals surface area contributed by atoms with Crippen LogP contribution in [0.4, 0.5) is 17.1 Å². The van der Waals surface area contributed by atoms with E-state index >= 15 is 0 Å². The Bertz CT molecular complexity index is 2600. The quantitative estimate of drug-likeness (QED) is 0.155. The summed E-state index contributed by atoms with van der Waals surface area (Å²) in [5, 5.41) is 2.50. The van der Waals surface area contributed by atoms with Gasteiger partial charge in [-0.1, -0.05) is 194 Å². The summed E-state index contributed by atoms with van der Waals surface area (Å²) in [6.07, 6.45) is 0. The normalized spacial score (nSPS) is 11.0. The van der Waals surface area contributed by atoms with Gasteiger partial charge in [-0.05, 0) is 91.2 Å². The Labute approximate surface area is 311 Å². The van der Waals surface area contributed by atoms with Crippen LogP contribution in [0.2, 0.25) is 0 Å². The highest BCUT2D eigenvalue weighted by atomic mass is 15.1. The number of rotatable bonds is 8. The van der Waals surface area contributed by atoms with Gasteiger partial charge in [0.1, 0.15) is 0 Å². The topological polar surface area (TPSA) is 3.24 Å². The van der Waals surface area contributed by atoms with E-state index in [0.29, 0.717) is 0 Å². The predicted molar refractivity (Wildman–Crippen MR) is 226 cm³/mol. The predicted octanol–water partition coefficient (Wildman–Crippen LogP) is 14.6. The van der Waals surface area contributed by atoms with Crippen LogP contribution in [0, 0.1) is 0 Å². The van der Waals surface area contributed by atoms with Crippen LogP contribution in [0.3, 0.4) is 0 Å². The monoisotopic (exact) mass is 675 g/mol. The van der Waals surface area contributed by atoms with Gasteiger partial charge in [0.05, 0.1) is 5.69 Å². The second-order valence-corrected chi connectivity index (χ2v) is 13.4. The molecule has 0 saturated heterocycles. The lowest BCUT2D eigenvalue weighted by molar-refractivity contribution is 1.28. The molecule has 9 rings (SSSR count). The maximum absolute atomic E-state index is 2.41. The average Bonchev–Trinajstić information content (AvgIpc) is 3.25. The zero-order valence-electron chi connectivity index (χ0n) is 29.3. The fourth-order valence-electron chi connectivity index (χ4n) is 7.37. The molecule has 0 radical (unpaired) electrons. The van der Waals surface area contributed by atoms with Crippen molar-refractivity contribution in [2.45, 2.75) is 0 Å². The molecule has 1 heteroatoms. The smallest absolute Gasteiger partial charge is 0.0546 e. The van der Waals surface area contributed by atoms with Gasteiger partial charge in [0.2, 0.25) is 0 Å². The molecule has 0 atom stereocenters. The highest BCUT2D eigenvalue weighted by Crippen LogP contribution is 2.44. The van der Waals surface area contributed by atoms with E-state index in [1.165, 1.54) is 55.3 Å². The molecule has 0 aliphatic rings. The van der Waals surface area contributed by atoms with Crippen LogP contribution in [0.5, 0.6) is 0 Å². The zero-order chi connectivity index (χ0) is 35.4. The van der Waals surface area contributed by atoms with Crippen molar-refractivity contribution in [3.8, 4) is 55.6 Å². The minimum Gasteiger partial charge on any atom is -0.310 e. The van der Waals surface area contributed by atoms with Crippen molar-refractivity contribution in [1.82, 2.24) is 0 Å². The fourth-order valence-corrected chi connectivity index (χ4v) is 7.37. The van der Waals surface area contributed by atoms with Gasteiger partial charge < -0.3 is 4.90 Å². The third-order valence-electron chi connectivity index (χ3n) is 10.1. The average molecular weight is 676 g/mol. The van der Waals surface area contributed by atoms with E-state index < -0.39 is 0 Å². The highest BCUT2D eigenvalue weighted by molar-refractivity contribution is 5.97. The van der Waals surface area contributed by atoms with Crippen molar-refractivity contribution in [3.05, 3.63) is 224 Å². The van der Waals surface area contributed by atoms with Crippen LogP contribution in [-0.2, 0) is 0 Å². The Morgan fingerprint density at radius 1 is 0.245 bits per heavy atom. The van der Waals surface area contributed by atoms with Crippen molar-refractivity contribution in [2.75, 3.05) is 4.90 Å². The summed E-state index contributed by atoms with van der Waals surface area (Å²) in [6.45, 7) is 0. The van der Waals surface area contributed by atoms with E-state index in [4.69, 9.17) is 0 Å². The summed E-state index contributed by atoms with van der Waals surface area (Å²) < 4.78 is 0. The number of benzene rings is 9. The molecule has 53 heavy (non-hydrogen) atoms. The standard InChI is InChI=1S/C52H37N/c1-4-13-38(14-5-1)41-23-25-45(26-24-41)51-36-31-46(40-17-8-3-9-18-40)37-52(51)53(47-32-27-42(28-33-47)39-15-6-2-7-16-39)48-34-29-44(30-35-48)50-22-12-20-43-19-10-11-21-49(43)50/h1-37H. The van der Waals surface area contributed by atoms with E-state index in [2.05, 4.69) is 229 Å². The molecule has 9 aromatic carbocycles. The van der Waals surface area contributed by atoms with Gasteiger partial charge in [-0.3, -0.25) is 0 Å². The Kier molecular flexibility index (Phi) is 8.66. The second-order valence-electron chi connectivity index (χ2n) is 13.4. The second kappa shape index (κ2) is 14.3. The molecule has 0 heterocycles. The summed E-state index contributed by atoms with van der Waals surface area (Å²) >= 11 is 0. The molecule has 0 spiro atoms. The molecule has 9 aromatic rings. The summed E-state index contributed by atoms with van der Waals surface area (Å²) in [5.74, 6) is 0. The van der Waals surface area contributed by atoms with Crippen molar-refractivity contribution in [1.29, 1.82) is 0 Å². The van der Waals surface area contributed by atoms with Gasteiger partial charge in [-0.15, -0.1) is 0 Å². The van der Waals surface area contributed by atoms with Crippen LogP contribution in [-0.4, -0.2) is 0 Å². The van der Waals surface area contributed by atoms with Crippen molar-refractivity contribution < 1.29 is 0 Å². The molecule has 0 aromatic heterocycles. The number of nitrogens with zero attached hydrogens (tertiary/aromatic N) is 1. The van der Waals surface area contributed by atoms with Crippen molar-refractivity contribution >= 4 is 27.8 Å². The SMILES string of the molecule is c1ccc(-c2ccc(-c3ccc(-c4ccccc4)cc3N(c3ccc(-c4ccccc4)cc3)c3ccc(-c4cccc5ccccc45)cc3)cc2)cc1. The first-order valence-electron chi connectivity index (χ1n) is 18.2. The molecular formula is C52H37N. The molecule has 0 aliphatic heterocycles. The molecule has 0 saturated carbocycles. The molecular weight excluding hydrogens is 639 g/mol. The number of anilines is 3. The maximum atomic E-state index is 2.41. The maximum Gasteiger partial charge on any atom is 0.0546 e. The van der Waals surface area contributed by atoms with Gasteiger partial charge in [0.25, 0.3) is 0 Å². The number of hydrogen-bond acceptors (Lipinski definition) is 1. The van der Waals surface area contributed by atoms with Crippen LogP contribution >= 0.6 is 0 Å². The lowest BCUT2D eigenvalue weighted by atomic mass is 9.95. The first-order valence-corrected chi connectivity index (χ1v) is 18.2. The van der Waals surface area contributed by atoms with E-state index in [0.717, 1.165) is 28.2 Å². The van der Waals surface area contributed by atoms with E-state index in [1.54, 1.807) is 0 Å². The van der Waals surface area contributed by atoms with Gasteiger partial charge in [0, 0.05) is 16.9 Å². The first-order chi connectivity index (χ1) is 26.3. The summed E-state index contributed by atoms with van der Waals surface area (Å²) in [6, 6.07) is 80.9. The van der Waals surface area contributed by atoms with Gasteiger partial charge in [-0.25, -0.2) is 0 Å². The Morgan fingerprint density at radius 3 is 1.23 bits per heavy atom. The first kappa shape index (κ1) is 32.0. The largest absolute Gasteiger partial charge is 0.310 e. The Hall–Kier alpha value is -6.96. The summed E-state index contributed by atoms with van der Waals surface area (Å²) in [5.41, 5.74) is 15.2. The van der Waals surface area contributed by atoms with Gasteiger partial charge >= 0.3 is 0 Å². The molecule has 0 bridgehead atoms. The Balaban J connectivity index is 1.21. The molecule has 250 valence electrons. The Morgan fingerprint density at radius 2 is 0.642 bits per heavy atom. The lowest BCUT2D eigenvalue weighted by Crippen LogP contribution is -2.11. The fraction of sp³-hybridized carbons (Fsp3) is 0. The third-order valence-corrected chi connectivity index (χ3v) is 10.1. The molecule has 1 nitrogen and oxygen atoms in total. The minimum absolute atomic E-state index is 1.09. The van der Waals surface area contributed by atoms with Gasteiger partial charge in [0.15, 0.2) is 0 Å². The van der Waals surface area contributed by atoms with E-state index in [9.17, 15) is 0 Å². The number of fused-ring (bicyclic) bond motifs is 1. The van der Waals surface area contributed by atoms with E-state index in [1.807, 2.05) is 0 Å². The van der Waals surface area contributed by atoms with Crippen LogP contribution in [0.25, 0.3) is 66.4 Å². The van der Waals surface area contributed by atoms with Gasteiger partial charge in [-0.2, -0.15) is 0 Å². The summed E-state index contributed by atoms with van der Waals surface area (Å²) in [4.78, 5) is 2.41. The van der Waals surface area contributed by atoms with Crippen LogP contribution < -0.4 is 4.90 Å². The van der Waals surface area contributed by atoms with Crippen molar-refractivity contribution in [3.63, 3.8) is 0 Å². The molecule has 0 amide bonds. The molecule has 0 fully saturated rings. The number of hydrogen-bond donors (Lipinski definition) is 0. The molecule has 0 aliphatic carbocycles. The summed E-state index contributed by atoms with van der Waals surface area (Å²) in [7, 11) is 0.